The average molecular weight is 275 g/mol. The molecule has 0 atom stereocenters. The Bertz CT molecular complexity index is 597. The van der Waals surface area contributed by atoms with Gasteiger partial charge in [-0.1, -0.05) is 26.0 Å². The third-order valence-electron chi connectivity index (χ3n) is 2.67. The largest absolute Gasteiger partial charge is 0.235 e. The fourth-order valence-electron chi connectivity index (χ4n) is 1.66. The number of thiophene rings is 1. The molecular weight excluding hydrogens is 258 g/mol. The number of thiazole rings is 1. The van der Waals surface area contributed by atoms with Gasteiger partial charge in [0.25, 0.3) is 0 Å². The van der Waals surface area contributed by atoms with E-state index in [0.717, 1.165) is 10.5 Å². The molecule has 1 aromatic carbocycles. The molecule has 3 heteroatoms. The lowest BCUT2D eigenvalue weighted by atomic mass is 10.3. The van der Waals surface area contributed by atoms with Crippen LogP contribution in [0, 0.1) is 13.8 Å². The van der Waals surface area contributed by atoms with Gasteiger partial charge in [0.2, 0.25) is 0 Å². The molecule has 2 heterocycles. The van der Waals surface area contributed by atoms with Gasteiger partial charge < -0.3 is 0 Å². The van der Waals surface area contributed by atoms with Crippen molar-refractivity contribution in [2.75, 3.05) is 0 Å². The van der Waals surface area contributed by atoms with Crippen molar-refractivity contribution in [3.8, 4) is 9.88 Å². The van der Waals surface area contributed by atoms with E-state index >= 15 is 0 Å². The van der Waals surface area contributed by atoms with Crippen molar-refractivity contribution in [1.82, 2.24) is 4.98 Å². The molecule has 0 radical (unpaired) electrons. The lowest BCUT2D eigenvalue weighted by molar-refractivity contribution is 1.44. The summed E-state index contributed by atoms with van der Waals surface area (Å²) in [6, 6.07) is 10.5. The van der Waals surface area contributed by atoms with Crippen molar-refractivity contribution in [1.29, 1.82) is 0 Å². The van der Waals surface area contributed by atoms with Gasteiger partial charge in [-0.05, 0) is 37.6 Å². The van der Waals surface area contributed by atoms with Gasteiger partial charge in [-0.15, -0.1) is 22.7 Å². The summed E-state index contributed by atoms with van der Waals surface area (Å²) in [5.74, 6) is 0. The van der Waals surface area contributed by atoms with Gasteiger partial charge in [0.1, 0.15) is 5.01 Å². The molecule has 94 valence electrons. The van der Waals surface area contributed by atoms with E-state index in [0.29, 0.717) is 0 Å². The first-order chi connectivity index (χ1) is 8.74. The van der Waals surface area contributed by atoms with Gasteiger partial charge in [0.15, 0.2) is 0 Å². The number of rotatable bonds is 1. The van der Waals surface area contributed by atoms with E-state index in [1.807, 2.05) is 31.3 Å². The summed E-state index contributed by atoms with van der Waals surface area (Å²) in [6.45, 7) is 8.32. The highest BCUT2D eigenvalue weighted by atomic mass is 32.1. The maximum absolute atomic E-state index is 4.67. The molecule has 2 aromatic heterocycles. The van der Waals surface area contributed by atoms with Gasteiger partial charge in [-0.3, -0.25) is 0 Å². The van der Waals surface area contributed by atoms with Gasteiger partial charge >= 0.3 is 0 Å². The molecule has 18 heavy (non-hydrogen) atoms. The highest BCUT2D eigenvalue weighted by Crippen LogP contribution is 2.35. The first kappa shape index (κ1) is 13.2. The van der Waals surface area contributed by atoms with Gasteiger partial charge in [-0.2, -0.15) is 0 Å². The summed E-state index contributed by atoms with van der Waals surface area (Å²) in [5.41, 5.74) is 2.46. The number of hydrogen-bond acceptors (Lipinski definition) is 3. The van der Waals surface area contributed by atoms with Gasteiger partial charge in [0, 0.05) is 4.88 Å². The van der Waals surface area contributed by atoms with E-state index in [2.05, 4.69) is 43.1 Å². The Morgan fingerprint density at radius 3 is 2.33 bits per heavy atom. The Labute approximate surface area is 116 Å². The van der Waals surface area contributed by atoms with Gasteiger partial charge in [-0.25, -0.2) is 4.98 Å². The van der Waals surface area contributed by atoms with E-state index in [1.165, 1.54) is 20.0 Å². The maximum atomic E-state index is 4.67. The van der Waals surface area contributed by atoms with Crippen molar-refractivity contribution in [3.63, 3.8) is 0 Å². The van der Waals surface area contributed by atoms with Gasteiger partial charge in [0.05, 0.1) is 15.1 Å². The number of aromatic nitrogens is 1. The minimum Gasteiger partial charge on any atom is -0.235 e. The molecule has 3 aromatic rings. The molecular formula is C15H17NS2. The Balaban J connectivity index is 0.000000574. The zero-order valence-electron chi connectivity index (χ0n) is 11.2. The van der Waals surface area contributed by atoms with Crippen LogP contribution in [-0.4, -0.2) is 4.98 Å². The zero-order valence-corrected chi connectivity index (χ0v) is 12.8. The molecule has 0 unspecified atom stereocenters. The minimum absolute atomic E-state index is 1.10. The summed E-state index contributed by atoms with van der Waals surface area (Å²) < 4.78 is 1.27. The summed E-state index contributed by atoms with van der Waals surface area (Å²) in [5, 5.41) is 1.14. The molecule has 0 N–H and O–H groups in total. The van der Waals surface area contributed by atoms with Crippen LogP contribution >= 0.6 is 22.7 Å². The van der Waals surface area contributed by atoms with Crippen molar-refractivity contribution in [3.05, 3.63) is 40.8 Å². The highest BCUT2D eigenvalue weighted by Gasteiger charge is 2.09. The third kappa shape index (κ3) is 2.47. The van der Waals surface area contributed by atoms with Crippen LogP contribution in [0.2, 0.25) is 0 Å². The van der Waals surface area contributed by atoms with Crippen LogP contribution in [-0.2, 0) is 0 Å². The summed E-state index contributed by atoms with van der Waals surface area (Å²) in [6.07, 6.45) is 0. The highest BCUT2D eigenvalue weighted by molar-refractivity contribution is 7.25. The molecule has 1 nitrogen and oxygen atoms in total. The van der Waals surface area contributed by atoms with E-state index < -0.39 is 0 Å². The maximum Gasteiger partial charge on any atom is 0.134 e. The molecule has 0 saturated heterocycles. The molecule has 0 fully saturated rings. The molecule has 0 bridgehead atoms. The van der Waals surface area contributed by atoms with Crippen LogP contribution in [0.1, 0.15) is 24.3 Å². The number of aryl methyl sites for hydroxylation is 2. The third-order valence-corrected chi connectivity index (χ3v) is 5.03. The number of hydrogen-bond donors (Lipinski definition) is 0. The van der Waals surface area contributed by atoms with E-state index in [4.69, 9.17) is 0 Å². The second-order valence-electron chi connectivity index (χ2n) is 3.84. The molecule has 0 aliphatic rings. The Hall–Kier alpha value is -1.19. The predicted octanol–water partition coefficient (Wildman–Crippen LogP) is 5.67. The van der Waals surface area contributed by atoms with Crippen LogP contribution in [0.3, 0.4) is 0 Å². The lowest BCUT2D eigenvalue weighted by Crippen LogP contribution is -1.68. The van der Waals surface area contributed by atoms with Crippen LogP contribution in [0.25, 0.3) is 20.1 Å². The first-order valence-corrected chi connectivity index (χ1v) is 7.80. The van der Waals surface area contributed by atoms with Crippen molar-refractivity contribution in [2.45, 2.75) is 27.7 Å². The normalized spacial score (nSPS) is 10.2. The Morgan fingerprint density at radius 1 is 1.00 bits per heavy atom. The standard InChI is InChI=1S/C13H11NS2.C2H6/c1-8-7-12(15-9(8)2)13-14-10-5-3-4-6-11(10)16-13;1-2/h3-7H,1-2H3;1-2H3. The Morgan fingerprint density at radius 2 is 1.72 bits per heavy atom. The fraction of sp³-hybridized carbons (Fsp3) is 0.267. The van der Waals surface area contributed by atoms with Crippen LogP contribution in [0.15, 0.2) is 30.3 Å². The van der Waals surface area contributed by atoms with Crippen LogP contribution in [0.5, 0.6) is 0 Å². The van der Waals surface area contributed by atoms with E-state index in [9.17, 15) is 0 Å². The monoisotopic (exact) mass is 275 g/mol. The fourth-order valence-corrected chi connectivity index (χ4v) is 3.70. The molecule has 3 rings (SSSR count). The lowest BCUT2D eigenvalue weighted by Gasteiger charge is -1.85. The quantitative estimate of drug-likeness (QED) is 0.557. The minimum atomic E-state index is 1.10. The Kier molecular flexibility index (Phi) is 4.15. The molecule has 0 amide bonds. The molecule has 0 aliphatic heterocycles. The topological polar surface area (TPSA) is 12.9 Å². The van der Waals surface area contributed by atoms with E-state index in [-0.39, 0.29) is 0 Å². The SMILES string of the molecule is CC.Cc1cc(-c2nc3ccccc3s2)sc1C. The average Bonchev–Trinajstić information content (AvgIpc) is 2.96. The molecule has 0 saturated carbocycles. The zero-order chi connectivity index (χ0) is 13.1. The molecule has 0 aliphatic carbocycles. The van der Waals surface area contributed by atoms with E-state index in [1.54, 1.807) is 11.3 Å². The predicted molar refractivity (Wildman–Crippen MR) is 83.8 cm³/mol. The first-order valence-electron chi connectivity index (χ1n) is 6.17. The number of para-hydroxylation sites is 1. The number of benzene rings is 1. The summed E-state index contributed by atoms with van der Waals surface area (Å²) >= 11 is 3.60. The summed E-state index contributed by atoms with van der Waals surface area (Å²) in [4.78, 5) is 7.34. The smallest absolute Gasteiger partial charge is 0.134 e. The van der Waals surface area contributed by atoms with Crippen molar-refractivity contribution < 1.29 is 0 Å². The summed E-state index contributed by atoms with van der Waals surface area (Å²) in [7, 11) is 0. The second-order valence-corrected chi connectivity index (χ2v) is 6.12. The number of nitrogens with zero attached hydrogens (tertiary/aromatic N) is 1. The van der Waals surface area contributed by atoms with Crippen LogP contribution in [0.4, 0.5) is 0 Å². The number of fused-ring (bicyclic) bond motifs is 1. The van der Waals surface area contributed by atoms with Crippen molar-refractivity contribution >= 4 is 32.9 Å². The van der Waals surface area contributed by atoms with Crippen LogP contribution < -0.4 is 0 Å². The van der Waals surface area contributed by atoms with Crippen molar-refractivity contribution in [2.24, 2.45) is 0 Å². The second kappa shape index (κ2) is 5.63. The molecule has 0 spiro atoms.